The van der Waals surface area contributed by atoms with Crippen molar-refractivity contribution in [3.8, 4) is 17.2 Å². The molecule has 0 saturated carbocycles. The van der Waals surface area contributed by atoms with E-state index < -0.39 is 12.0 Å². The van der Waals surface area contributed by atoms with Gasteiger partial charge in [0.15, 0.2) is 16.3 Å². The summed E-state index contributed by atoms with van der Waals surface area (Å²) in [6.07, 6.45) is 3.00. The fourth-order valence-electron chi connectivity index (χ4n) is 5.17. The number of benzene rings is 3. The first-order valence-corrected chi connectivity index (χ1v) is 16.4. The largest absolute Gasteiger partial charge is 0.496 e. The van der Waals surface area contributed by atoms with Gasteiger partial charge in [-0.05, 0) is 67.4 Å². The number of aromatic nitrogens is 1. The molecular weight excluding hydrogens is 671 g/mol. The monoisotopic (exact) mass is 700 g/mol. The number of hydrogen-bond donors (Lipinski definition) is 0. The summed E-state index contributed by atoms with van der Waals surface area (Å²) in [7, 11) is 3.07. The molecule has 0 unspecified atom stereocenters. The molecule has 1 aliphatic heterocycles. The standard InChI is InChI=1S/C34H31Cl3N2O6S/c1-5-7-25-30(33(41)44-6-2)31(23-16-21(35)11-13-26(23)42-3)39-32(40)29(46-34(39)38-25)15-19-8-12-27(28(14-19)43-4)45-18-20-9-10-22(36)17-24(20)37/h8-17,31H,5-7,18H2,1-4H3/b29-15+/t31-/m1/s1. The molecule has 2 heterocycles. The number of halogens is 3. The van der Waals surface area contributed by atoms with E-state index in [9.17, 15) is 9.59 Å². The van der Waals surface area contributed by atoms with Gasteiger partial charge in [0, 0.05) is 26.2 Å². The van der Waals surface area contributed by atoms with E-state index in [4.69, 9.17) is 58.7 Å². The van der Waals surface area contributed by atoms with E-state index in [0.29, 0.717) is 64.9 Å². The van der Waals surface area contributed by atoms with Gasteiger partial charge in [-0.1, -0.05) is 71.6 Å². The predicted molar refractivity (Wildman–Crippen MR) is 181 cm³/mol. The molecule has 46 heavy (non-hydrogen) atoms. The predicted octanol–water partition coefficient (Wildman–Crippen LogP) is 7.13. The summed E-state index contributed by atoms with van der Waals surface area (Å²) in [5.74, 6) is 0.909. The van der Waals surface area contributed by atoms with E-state index in [1.807, 2.05) is 13.0 Å². The Bertz CT molecular complexity index is 2000. The van der Waals surface area contributed by atoms with Crippen molar-refractivity contribution < 1.29 is 23.7 Å². The second-order valence-electron chi connectivity index (χ2n) is 10.2. The van der Waals surface area contributed by atoms with E-state index >= 15 is 0 Å². The van der Waals surface area contributed by atoms with E-state index in [0.717, 1.165) is 12.0 Å². The summed E-state index contributed by atoms with van der Waals surface area (Å²) >= 11 is 20.0. The maximum atomic E-state index is 14.2. The van der Waals surface area contributed by atoms with Gasteiger partial charge in [-0.2, -0.15) is 0 Å². The van der Waals surface area contributed by atoms with Crippen LogP contribution in [0.25, 0.3) is 6.08 Å². The molecule has 3 aromatic carbocycles. The SMILES string of the molecule is CCCC1=C(C(=O)OCC)[C@@H](c2cc(Cl)ccc2OC)n2c(s/c(=C/c3ccc(OCc4ccc(Cl)cc4Cl)c(OC)c3)c2=O)=N1. The van der Waals surface area contributed by atoms with Crippen LogP contribution in [-0.2, 0) is 16.1 Å². The summed E-state index contributed by atoms with van der Waals surface area (Å²) in [5.41, 5.74) is 2.54. The van der Waals surface area contributed by atoms with Gasteiger partial charge < -0.3 is 18.9 Å². The number of ether oxygens (including phenoxy) is 4. The highest BCUT2D eigenvalue weighted by Crippen LogP contribution is 2.38. The van der Waals surface area contributed by atoms with Crippen LogP contribution >= 0.6 is 46.1 Å². The zero-order valence-corrected chi connectivity index (χ0v) is 28.6. The van der Waals surface area contributed by atoms with Crippen molar-refractivity contribution in [2.45, 2.75) is 39.3 Å². The molecule has 240 valence electrons. The Morgan fingerprint density at radius 3 is 2.37 bits per heavy atom. The molecule has 12 heteroatoms. The number of methoxy groups -OCH3 is 2. The minimum atomic E-state index is -0.863. The van der Waals surface area contributed by atoms with Crippen LogP contribution in [0, 0.1) is 0 Å². The molecule has 4 aromatic rings. The van der Waals surface area contributed by atoms with Crippen molar-refractivity contribution >= 4 is 58.2 Å². The van der Waals surface area contributed by atoms with Crippen LogP contribution in [0.4, 0.5) is 0 Å². The summed E-state index contributed by atoms with van der Waals surface area (Å²) in [5, 5.41) is 1.47. The highest BCUT2D eigenvalue weighted by molar-refractivity contribution is 7.07. The van der Waals surface area contributed by atoms with Crippen LogP contribution in [-0.4, -0.2) is 31.4 Å². The van der Waals surface area contributed by atoms with Crippen molar-refractivity contribution in [1.29, 1.82) is 0 Å². The molecule has 0 fully saturated rings. The maximum Gasteiger partial charge on any atom is 0.338 e. The first-order valence-electron chi connectivity index (χ1n) is 14.5. The molecule has 0 amide bonds. The van der Waals surface area contributed by atoms with Crippen LogP contribution in [0.2, 0.25) is 15.1 Å². The third kappa shape index (κ3) is 6.98. The average molecular weight is 702 g/mol. The number of hydrogen-bond acceptors (Lipinski definition) is 8. The third-order valence-electron chi connectivity index (χ3n) is 7.26. The van der Waals surface area contributed by atoms with Crippen LogP contribution in [0.1, 0.15) is 49.4 Å². The van der Waals surface area contributed by atoms with Crippen molar-refractivity contribution in [3.05, 3.63) is 117 Å². The fraction of sp³-hybridized carbons (Fsp3) is 0.265. The molecule has 1 aliphatic rings. The van der Waals surface area contributed by atoms with Gasteiger partial charge in [0.25, 0.3) is 5.56 Å². The second-order valence-corrected chi connectivity index (χ2v) is 12.5. The molecule has 0 saturated heterocycles. The lowest BCUT2D eigenvalue weighted by Crippen LogP contribution is -2.40. The molecular formula is C34H31Cl3N2O6S. The molecule has 1 aromatic heterocycles. The van der Waals surface area contributed by atoms with Gasteiger partial charge in [0.05, 0.1) is 36.6 Å². The van der Waals surface area contributed by atoms with E-state index in [1.165, 1.54) is 23.0 Å². The van der Waals surface area contributed by atoms with Gasteiger partial charge >= 0.3 is 5.97 Å². The van der Waals surface area contributed by atoms with Crippen molar-refractivity contribution in [3.63, 3.8) is 0 Å². The zero-order valence-electron chi connectivity index (χ0n) is 25.6. The normalized spacial score (nSPS) is 14.5. The van der Waals surface area contributed by atoms with E-state index in [-0.39, 0.29) is 24.3 Å². The number of thiazole rings is 1. The molecule has 5 rings (SSSR count). The lowest BCUT2D eigenvalue weighted by molar-refractivity contribution is -0.139. The Morgan fingerprint density at radius 2 is 1.67 bits per heavy atom. The number of carbonyl (C=O) groups excluding carboxylic acids is 1. The minimum Gasteiger partial charge on any atom is -0.496 e. The van der Waals surface area contributed by atoms with E-state index in [2.05, 4.69) is 0 Å². The van der Waals surface area contributed by atoms with Crippen LogP contribution in [0.3, 0.4) is 0 Å². The summed E-state index contributed by atoms with van der Waals surface area (Å²) in [4.78, 5) is 32.9. The summed E-state index contributed by atoms with van der Waals surface area (Å²) in [6.45, 7) is 4.11. The highest BCUT2D eigenvalue weighted by Gasteiger charge is 2.36. The van der Waals surface area contributed by atoms with Gasteiger partial charge in [-0.25, -0.2) is 9.79 Å². The second kappa shape index (κ2) is 14.8. The molecule has 8 nitrogen and oxygen atoms in total. The number of rotatable bonds is 11. The van der Waals surface area contributed by atoms with Gasteiger partial charge in [0.2, 0.25) is 0 Å². The summed E-state index contributed by atoms with van der Waals surface area (Å²) < 4.78 is 24.7. The minimum absolute atomic E-state index is 0.167. The van der Waals surface area contributed by atoms with Crippen LogP contribution in [0.5, 0.6) is 17.2 Å². The Kier molecular flexibility index (Phi) is 10.8. The van der Waals surface area contributed by atoms with Gasteiger partial charge in [-0.3, -0.25) is 9.36 Å². The molecule has 0 spiro atoms. The quantitative estimate of drug-likeness (QED) is 0.155. The number of fused-ring (bicyclic) bond motifs is 1. The highest BCUT2D eigenvalue weighted by atomic mass is 35.5. The maximum absolute atomic E-state index is 14.2. The zero-order chi connectivity index (χ0) is 33.0. The van der Waals surface area contributed by atoms with Gasteiger partial charge in [0.1, 0.15) is 18.4 Å². The third-order valence-corrected chi connectivity index (χ3v) is 9.07. The smallest absolute Gasteiger partial charge is 0.338 e. The Labute approximate surface area is 285 Å². The topological polar surface area (TPSA) is 88.4 Å². The van der Waals surface area contributed by atoms with Crippen LogP contribution in [0.15, 0.2) is 75.7 Å². The van der Waals surface area contributed by atoms with Gasteiger partial charge in [-0.15, -0.1) is 0 Å². The van der Waals surface area contributed by atoms with Crippen molar-refractivity contribution in [2.75, 3.05) is 20.8 Å². The van der Waals surface area contributed by atoms with E-state index in [1.54, 1.807) is 68.6 Å². The Hall–Kier alpha value is -3.76. The van der Waals surface area contributed by atoms with Crippen molar-refractivity contribution in [2.24, 2.45) is 4.99 Å². The molecule has 0 aliphatic carbocycles. The number of carbonyl (C=O) groups is 1. The van der Waals surface area contributed by atoms with Crippen molar-refractivity contribution in [1.82, 2.24) is 4.57 Å². The molecule has 1 atom stereocenters. The molecule has 0 N–H and O–H groups in total. The Balaban J connectivity index is 1.61. The number of allylic oxidation sites excluding steroid dienone is 1. The number of esters is 1. The average Bonchev–Trinajstić information content (AvgIpc) is 3.34. The first-order chi connectivity index (χ1) is 22.2. The Morgan fingerprint density at radius 1 is 0.957 bits per heavy atom. The van der Waals surface area contributed by atoms with Crippen LogP contribution < -0.4 is 29.1 Å². The number of nitrogens with zero attached hydrogens (tertiary/aromatic N) is 2. The molecule has 0 bridgehead atoms. The first kappa shape index (κ1) is 33.6. The lowest BCUT2D eigenvalue weighted by Gasteiger charge is -2.27. The summed E-state index contributed by atoms with van der Waals surface area (Å²) in [6, 6.07) is 14.8. The fourth-order valence-corrected chi connectivity index (χ4v) is 6.84. The lowest BCUT2D eigenvalue weighted by atomic mass is 9.93. The molecule has 0 radical (unpaired) electrons.